The van der Waals surface area contributed by atoms with Gasteiger partial charge in [0.15, 0.2) is 0 Å². The number of aromatic nitrogens is 1. The van der Waals surface area contributed by atoms with Crippen molar-refractivity contribution in [3.63, 3.8) is 0 Å². The van der Waals surface area contributed by atoms with Crippen LogP contribution in [0.3, 0.4) is 0 Å². The summed E-state index contributed by atoms with van der Waals surface area (Å²) in [4.78, 5) is 4.12. The second-order valence-corrected chi connectivity index (χ2v) is 3.71. The fraction of sp³-hybridized carbons (Fsp3) is 0.250. The molecule has 0 N–H and O–H groups in total. The highest BCUT2D eigenvalue weighted by Gasteiger charge is 2.12. The lowest BCUT2D eigenvalue weighted by atomic mass is 10.1. The summed E-state index contributed by atoms with van der Waals surface area (Å²) in [6.45, 7) is 0. The number of pyridine rings is 1. The van der Waals surface area contributed by atoms with Crippen molar-refractivity contribution in [3.05, 3.63) is 28.5 Å². The molecule has 2 nitrogen and oxygen atoms in total. The van der Waals surface area contributed by atoms with Gasteiger partial charge in [-0.05, 0) is 28.1 Å². The quantitative estimate of drug-likeness (QED) is 0.785. The summed E-state index contributed by atoms with van der Waals surface area (Å²) < 4.78 is 0.885. The first kappa shape index (κ1) is 9.69. The predicted molar refractivity (Wildman–Crippen MR) is 54.1 cm³/mol. The molecule has 1 aromatic rings. The Morgan fingerprint density at radius 3 is 2.92 bits per heavy atom. The Labute approximate surface area is 87.9 Å². The van der Waals surface area contributed by atoms with E-state index in [1.54, 1.807) is 6.20 Å². The molecule has 1 unspecified atom stereocenters. The van der Waals surface area contributed by atoms with E-state index in [0.29, 0.717) is 5.33 Å². The molecule has 0 aromatic carbocycles. The molecule has 62 valence electrons. The number of hydrogen-bond acceptors (Lipinski definition) is 2. The third kappa shape index (κ3) is 2.05. The number of rotatable bonds is 2. The third-order valence-corrected chi connectivity index (χ3v) is 2.75. The van der Waals surface area contributed by atoms with Crippen LogP contribution in [0.1, 0.15) is 11.6 Å². The Morgan fingerprint density at radius 2 is 2.42 bits per heavy atom. The van der Waals surface area contributed by atoms with Gasteiger partial charge in [-0.3, -0.25) is 4.98 Å². The normalized spacial score (nSPS) is 12.1. The van der Waals surface area contributed by atoms with E-state index in [1.807, 2.05) is 12.1 Å². The van der Waals surface area contributed by atoms with Crippen molar-refractivity contribution in [1.82, 2.24) is 4.98 Å². The second kappa shape index (κ2) is 4.58. The monoisotopic (exact) mass is 288 g/mol. The number of halogens is 2. The first-order valence-corrected chi connectivity index (χ1v) is 5.27. The summed E-state index contributed by atoms with van der Waals surface area (Å²) in [5.74, 6) is -0.180. The predicted octanol–water partition coefficient (Wildman–Crippen LogP) is 2.85. The van der Waals surface area contributed by atoms with Crippen LogP contribution in [0, 0.1) is 11.3 Å². The van der Waals surface area contributed by atoms with E-state index in [4.69, 9.17) is 5.26 Å². The standard InChI is InChI=1S/C8H6Br2N2/c9-4-6(5-11)8-7(10)2-1-3-12-8/h1-3,6H,4H2. The maximum Gasteiger partial charge on any atom is 0.0992 e. The molecule has 4 heteroatoms. The molecule has 0 saturated carbocycles. The summed E-state index contributed by atoms with van der Waals surface area (Å²) in [5, 5.41) is 9.37. The lowest BCUT2D eigenvalue weighted by Gasteiger charge is -2.05. The number of alkyl halides is 1. The van der Waals surface area contributed by atoms with Crippen LogP contribution in [-0.4, -0.2) is 10.3 Å². The van der Waals surface area contributed by atoms with Crippen molar-refractivity contribution in [3.8, 4) is 6.07 Å². The smallest absolute Gasteiger partial charge is 0.0992 e. The molecule has 0 aliphatic rings. The topological polar surface area (TPSA) is 36.7 Å². The molecule has 1 rings (SSSR count). The van der Waals surface area contributed by atoms with Crippen LogP contribution in [0.2, 0.25) is 0 Å². The fourth-order valence-corrected chi connectivity index (χ4v) is 1.81. The summed E-state index contributed by atoms with van der Waals surface area (Å²) >= 11 is 6.61. The van der Waals surface area contributed by atoms with Gasteiger partial charge in [0.2, 0.25) is 0 Å². The van der Waals surface area contributed by atoms with E-state index in [2.05, 4.69) is 42.9 Å². The van der Waals surface area contributed by atoms with Crippen LogP contribution in [-0.2, 0) is 0 Å². The molecule has 1 heterocycles. The first-order valence-electron chi connectivity index (χ1n) is 3.35. The Hall–Kier alpha value is -0.400. The Morgan fingerprint density at radius 1 is 1.67 bits per heavy atom. The van der Waals surface area contributed by atoms with Crippen molar-refractivity contribution in [2.75, 3.05) is 5.33 Å². The van der Waals surface area contributed by atoms with Crippen molar-refractivity contribution < 1.29 is 0 Å². The Bertz CT molecular complexity index is 306. The van der Waals surface area contributed by atoms with Gasteiger partial charge in [-0.2, -0.15) is 5.26 Å². The van der Waals surface area contributed by atoms with Crippen LogP contribution in [0.5, 0.6) is 0 Å². The average molecular weight is 290 g/mol. The molecule has 0 bridgehead atoms. The highest BCUT2D eigenvalue weighted by Crippen LogP contribution is 2.23. The van der Waals surface area contributed by atoms with Gasteiger partial charge in [-0.15, -0.1) is 0 Å². The molecule has 0 spiro atoms. The maximum atomic E-state index is 8.76. The van der Waals surface area contributed by atoms with E-state index in [1.165, 1.54) is 0 Å². The molecule has 0 saturated heterocycles. The van der Waals surface area contributed by atoms with Crippen molar-refractivity contribution in [1.29, 1.82) is 5.26 Å². The molecule has 1 atom stereocenters. The molecule has 0 aliphatic carbocycles. The van der Waals surface area contributed by atoms with E-state index in [-0.39, 0.29) is 5.92 Å². The summed E-state index contributed by atoms with van der Waals surface area (Å²) in [6.07, 6.45) is 1.69. The lowest BCUT2D eigenvalue weighted by molar-refractivity contribution is 0.929. The summed E-state index contributed by atoms with van der Waals surface area (Å²) in [7, 11) is 0. The molecule has 12 heavy (non-hydrogen) atoms. The minimum absolute atomic E-state index is 0.180. The van der Waals surface area contributed by atoms with Gasteiger partial charge in [0.05, 0.1) is 17.7 Å². The van der Waals surface area contributed by atoms with Gasteiger partial charge < -0.3 is 0 Å². The van der Waals surface area contributed by atoms with Crippen LogP contribution >= 0.6 is 31.9 Å². The van der Waals surface area contributed by atoms with Gasteiger partial charge in [0.25, 0.3) is 0 Å². The minimum Gasteiger partial charge on any atom is -0.259 e. The zero-order valence-corrected chi connectivity index (χ0v) is 9.34. The summed E-state index contributed by atoms with van der Waals surface area (Å²) in [5.41, 5.74) is 0.789. The SMILES string of the molecule is N#CC(CBr)c1ncccc1Br. The molecule has 0 radical (unpaired) electrons. The molecular weight excluding hydrogens is 284 g/mol. The van der Waals surface area contributed by atoms with Gasteiger partial charge in [0.1, 0.15) is 0 Å². The molecule has 1 aromatic heterocycles. The summed E-state index contributed by atoms with van der Waals surface area (Å²) in [6, 6.07) is 5.88. The van der Waals surface area contributed by atoms with Crippen LogP contribution in [0.25, 0.3) is 0 Å². The minimum atomic E-state index is -0.180. The number of nitriles is 1. The second-order valence-electron chi connectivity index (χ2n) is 2.21. The van der Waals surface area contributed by atoms with Gasteiger partial charge >= 0.3 is 0 Å². The lowest BCUT2D eigenvalue weighted by Crippen LogP contribution is -2.00. The van der Waals surface area contributed by atoms with Crippen LogP contribution < -0.4 is 0 Å². The fourth-order valence-electron chi connectivity index (χ4n) is 0.823. The molecule has 0 aliphatic heterocycles. The average Bonchev–Trinajstić information content (AvgIpc) is 2.10. The largest absolute Gasteiger partial charge is 0.259 e. The Balaban J connectivity index is 3.02. The van der Waals surface area contributed by atoms with E-state index >= 15 is 0 Å². The third-order valence-electron chi connectivity index (χ3n) is 1.43. The molecular formula is C8H6Br2N2. The number of hydrogen-bond donors (Lipinski definition) is 0. The van der Waals surface area contributed by atoms with Gasteiger partial charge in [-0.25, -0.2) is 0 Å². The van der Waals surface area contributed by atoms with Gasteiger partial charge in [-0.1, -0.05) is 15.9 Å². The van der Waals surface area contributed by atoms with Gasteiger partial charge in [0, 0.05) is 16.0 Å². The Kier molecular flexibility index (Phi) is 3.70. The zero-order valence-electron chi connectivity index (χ0n) is 6.17. The van der Waals surface area contributed by atoms with Crippen LogP contribution in [0.4, 0.5) is 0 Å². The van der Waals surface area contributed by atoms with Crippen molar-refractivity contribution in [2.24, 2.45) is 0 Å². The first-order chi connectivity index (χ1) is 5.79. The van der Waals surface area contributed by atoms with E-state index in [9.17, 15) is 0 Å². The highest BCUT2D eigenvalue weighted by atomic mass is 79.9. The zero-order chi connectivity index (χ0) is 8.97. The van der Waals surface area contributed by atoms with Crippen molar-refractivity contribution >= 4 is 31.9 Å². The number of nitrogens with zero attached hydrogens (tertiary/aromatic N) is 2. The van der Waals surface area contributed by atoms with E-state index in [0.717, 1.165) is 10.2 Å². The molecule has 0 fully saturated rings. The van der Waals surface area contributed by atoms with Crippen LogP contribution in [0.15, 0.2) is 22.8 Å². The maximum absolute atomic E-state index is 8.76. The van der Waals surface area contributed by atoms with Crippen molar-refractivity contribution in [2.45, 2.75) is 5.92 Å². The highest BCUT2D eigenvalue weighted by molar-refractivity contribution is 9.10. The molecule has 0 amide bonds. The van der Waals surface area contributed by atoms with E-state index < -0.39 is 0 Å².